The zero-order valence-corrected chi connectivity index (χ0v) is 16.6. The molecule has 3 aromatic rings. The number of benzene rings is 2. The number of aromatic nitrogens is 1. The topological polar surface area (TPSA) is 56.4 Å². The van der Waals surface area contributed by atoms with E-state index >= 15 is 0 Å². The van der Waals surface area contributed by atoms with Gasteiger partial charge in [0.1, 0.15) is 6.04 Å². The fourth-order valence-electron chi connectivity index (χ4n) is 4.45. The number of carbonyl (C=O) groups excluding carboxylic acids is 2. The smallest absolute Gasteiger partial charge is 0.245 e. The second kappa shape index (κ2) is 6.26. The van der Waals surface area contributed by atoms with Crippen molar-refractivity contribution in [3.63, 3.8) is 0 Å². The number of hydrogen-bond donors (Lipinski definition) is 1. The first kappa shape index (κ1) is 17.6. The first-order valence-corrected chi connectivity index (χ1v) is 9.82. The summed E-state index contributed by atoms with van der Waals surface area (Å²) in [6.07, 6.45) is 0.482. The van der Waals surface area contributed by atoms with Crippen LogP contribution in [0, 0.1) is 0 Å². The Balaban J connectivity index is 1.79. The molecule has 2 atom stereocenters. The molecule has 0 bridgehead atoms. The molecule has 2 amide bonds. The predicted octanol–water partition coefficient (Wildman–Crippen LogP) is 3.79. The molecule has 2 aliphatic rings. The van der Waals surface area contributed by atoms with Gasteiger partial charge in [-0.1, -0.05) is 47.5 Å². The second-order valence-corrected chi connectivity index (χ2v) is 8.19. The van der Waals surface area contributed by atoms with Gasteiger partial charge in [0.2, 0.25) is 11.8 Å². The molecule has 7 heteroatoms. The summed E-state index contributed by atoms with van der Waals surface area (Å²) in [5, 5.41) is 2.07. The van der Waals surface area contributed by atoms with Crippen LogP contribution in [0.5, 0.6) is 0 Å². The summed E-state index contributed by atoms with van der Waals surface area (Å²) in [4.78, 5) is 32.6. The summed E-state index contributed by atoms with van der Waals surface area (Å²) in [6.45, 7) is 0.0621. The maximum Gasteiger partial charge on any atom is 0.245 e. The number of H-pyrrole nitrogens is 1. The van der Waals surface area contributed by atoms with E-state index in [9.17, 15) is 9.59 Å². The van der Waals surface area contributed by atoms with Crippen LogP contribution in [0.2, 0.25) is 10.0 Å². The third kappa shape index (κ3) is 2.46. The number of carbonyl (C=O) groups is 2. The summed E-state index contributed by atoms with van der Waals surface area (Å²) in [7, 11) is 1.67. The maximum atomic E-state index is 13.0. The Morgan fingerprint density at radius 2 is 1.89 bits per heavy atom. The molecule has 1 N–H and O–H groups in total. The molecular formula is C21H17Cl2N3O2. The fourth-order valence-corrected chi connectivity index (χ4v) is 4.97. The standard InChI is InChI=1S/C21H17Cl2N3O2/c1-25-10-18(27)26-17(21(25)28)9-14-12-4-2-3-5-16(12)24-19(14)20(26)13-7-6-11(22)8-15(13)23/h2-8,17,20,24H,9-10H2,1H3/t17-,20+/m1/s1. The van der Waals surface area contributed by atoms with Gasteiger partial charge in [-0.25, -0.2) is 0 Å². The number of hydrogen-bond acceptors (Lipinski definition) is 2. The molecule has 2 aromatic carbocycles. The van der Waals surface area contributed by atoms with Crippen LogP contribution in [-0.2, 0) is 16.0 Å². The van der Waals surface area contributed by atoms with Crippen molar-refractivity contribution in [2.75, 3.05) is 13.6 Å². The van der Waals surface area contributed by atoms with Crippen molar-refractivity contribution in [2.45, 2.75) is 18.5 Å². The molecule has 0 spiro atoms. The van der Waals surface area contributed by atoms with Gasteiger partial charge in [0.15, 0.2) is 0 Å². The lowest BCUT2D eigenvalue weighted by atomic mass is 9.86. The Morgan fingerprint density at radius 1 is 1.11 bits per heavy atom. The third-order valence-electron chi connectivity index (χ3n) is 5.71. The third-order valence-corrected chi connectivity index (χ3v) is 6.27. The van der Waals surface area contributed by atoms with E-state index in [1.165, 1.54) is 4.90 Å². The van der Waals surface area contributed by atoms with Crippen LogP contribution in [0.15, 0.2) is 42.5 Å². The lowest BCUT2D eigenvalue weighted by Crippen LogP contribution is -2.62. The highest BCUT2D eigenvalue weighted by Crippen LogP contribution is 2.44. The maximum absolute atomic E-state index is 13.0. The van der Waals surface area contributed by atoms with Crippen LogP contribution >= 0.6 is 23.2 Å². The Morgan fingerprint density at radius 3 is 2.68 bits per heavy atom. The van der Waals surface area contributed by atoms with E-state index in [1.807, 2.05) is 30.3 Å². The van der Waals surface area contributed by atoms with Crippen molar-refractivity contribution >= 4 is 45.9 Å². The number of fused-ring (bicyclic) bond motifs is 4. The molecule has 1 saturated heterocycles. The number of likely N-dealkylation sites (N-methyl/N-ethyl adjacent to an activating group) is 1. The van der Waals surface area contributed by atoms with Crippen LogP contribution in [-0.4, -0.2) is 46.2 Å². The van der Waals surface area contributed by atoms with Gasteiger partial charge in [-0.2, -0.15) is 0 Å². The van der Waals surface area contributed by atoms with Crippen molar-refractivity contribution in [2.24, 2.45) is 0 Å². The van der Waals surface area contributed by atoms with Gasteiger partial charge in [-0.15, -0.1) is 0 Å². The molecule has 5 nitrogen and oxygen atoms in total. The fraction of sp³-hybridized carbons (Fsp3) is 0.238. The highest BCUT2D eigenvalue weighted by atomic mass is 35.5. The Kier molecular flexibility index (Phi) is 3.93. The van der Waals surface area contributed by atoms with Crippen LogP contribution in [0.1, 0.15) is 22.9 Å². The second-order valence-electron chi connectivity index (χ2n) is 7.35. The van der Waals surface area contributed by atoms with E-state index in [1.54, 1.807) is 24.1 Å². The van der Waals surface area contributed by atoms with Crippen LogP contribution < -0.4 is 0 Å². The molecule has 3 heterocycles. The molecule has 0 unspecified atom stereocenters. The summed E-state index contributed by atoms with van der Waals surface area (Å²) in [6, 6.07) is 12.2. The number of para-hydroxylation sites is 1. The monoisotopic (exact) mass is 413 g/mol. The van der Waals surface area contributed by atoms with Crippen molar-refractivity contribution in [3.05, 3.63) is 69.3 Å². The minimum Gasteiger partial charge on any atom is -0.356 e. The number of halogens is 2. The molecule has 2 aliphatic heterocycles. The Hall–Kier alpha value is -2.50. The first-order valence-electron chi connectivity index (χ1n) is 9.06. The van der Waals surface area contributed by atoms with Gasteiger partial charge in [-0.05, 0) is 29.3 Å². The molecule has 1 fully saturated rings. The predicted molar refractivity (Wildman–Crippen MR) is 109 cm³/mol. The largest absolute Gasteiger partial charge is 0.356 e. The van der Waals surface area contributed by atoms with Crippen molar-refractivity contribution in [1.82, 2.24) is 14.8 Å². The lowest BCUT2D eigenvalue weighted by molar-refractivity contribution is -0.157. The Labute approximate surface area is 171 Å². The van der Waals surface area contributed by atoms with E-state index in [0.29, 0.717) is 16.5 Å². The van der Waals surface area contributed by atoms with Gasteiger partial charge < -0.3 is 14.8 Å². The molecule has 5 rings (SSSR count). The highest BCUT2D eigenvalue weighted by molar-refractivity contribution is 6.35. The molecule has 0 saturated carbocycles. The van der Waals surface area contributed by atoms with E-state index in [0.717, 1.165) is 27.7 Å². The quantitative estimate of drug-likeness (QED) is 0.659. The average Bonchev–Trinajstić information content (AvgIpc) is 3.03. The van der Waals surface area contributed by atoms with E-state index in [2.05, 4.69) is 4.98 Å². The number of nitrogens with one attached hydrogen (secondary N) is 1. The number of piperazine rings is 1. The average molecular weight is 414 g/mol. The molecule has 1 aromatic heterocycles. The summed E-state index contributed by atoms with van der Waals surface area (Å²) >= 11 is 12.6. The zero-order chi connectivity index (χ0) is 19.6. The van der Waals surface area contributed by atoms with Gasteiger partial charge in [0.25, 0.3) is 0 Å². The normalized spacial score (nSPS) is 21.8. The number of amides is 2. The minimum absolute atomic E-state index is 0.0504. The molecule has 142 valence electrons. The Bertz CT molecular complexity index is 1140. The summed E-state index contributed by atoms with van der Waals surface area (Å²) < 4.78 is 0. The first-order chi connectivity index (χ1) is 13.5. The van der Waals surface area contributed by atoms with Gasteiger partial charge in [-0.3, -0.25) is 9.59 Å². The lowest BCUT2D eigenvalue weighted by Gasteiger charge is -2.46. The summed E-state index contributed by atoms with van der Waals surface area (Å²) in [5.41, 5.74) is 3.71. The SMILES string of the molecule is CN1CC(=O)N2[C@@H](c3ccc(Cl)cc3Cl)c3[nH]c4ccccc4c3C[C@@H]2C1=O. The molecule has 0 aliphatic carbocycles. The van der Waals surface area contributed by atoms with E-state index < -0.39 is 12.1 Å². The van der Waals surface area contributed by atoms with E-state index in [-0.39, 0.29) is 18.4 Å². The number of nitrogens with zero attached hydrogens (tertiary/aromatic N) is 2. The van der Waals surface area contributed by atoms with Gasteiger partial charge in [0.05, 0.1) is 12.6 Å². The molecule has 0 radical (unpaired) electrons. The van der Waals surface area contributed by atoms with Gasteiger partial charge >= 0.3 is 0 Å². The highest BCUT2D eigenvalue weighted by Gasteiger charge is 2.47. The van der Waals surface area contributed by atoms with Crippen LogP contribution in [0.25, 0.3) is 10.9 Å². The van der Waals surface area contributed by atoms with Crippen molar-refractivity contribution < 1.29 is 9.59 Å². The molecule has 28 heavy (non-hydrogen) atoms. The van der Waals surface area contributed by atoms with E-state index in [4.69, 9.17) is 23.2 Å². The zero-order valence-electron chi connectivity index (χ0n) is 15.1. The number of rotatable bonds is 1. The minimum atomic E-state index is -0.547. The van der Waals surface area contributed by atoms with Gasteiger partial charge in [0, 0.05) is 40.1 Å². The van der Waals surface area contributed by atoms with Crippen LogP contribution in [0.4, 0.5) is 0 Å². The molecular weight excluding hydrogens is 397 g/mol. The van der Waals surface area contributed by atoms with Crippen molar-refractivity contribution in [3.8, 4) is 0 Å². The summed E-state index contributed by atoms with van der Waals surface area (Å²) in [5.74, 6) is -0.141. The van der Waals surface area contributed by atoms with Crippen molar-refractivity contribution in [1.29, 1.82) is 0 Å². The van der Waals surface area contributed by atoms with Crippen LogP contribution in [0.3, 0.4) is 0 Å². The number of aromatic amines is 1.